The molecule has 80 valence electrons. The molecule has 0 saturated carbocycles. The number of ether oxygens (including phenoxy) is 1. The standard InChI is InChI=1S/C10H9FO4/c1-6(12)10-7(11)3-2-4-8(10)15-5-9(13)14/h2-4H,5H2,1H3,(H,13,14). The lowest BCUT2D eigenvalue weighted by Crippen LogP contribution is -2.12. The summed E-state index contributed by atoms with van der Waals surface area (Å²) in [5.41, 5.74) is -0.223. The number of aliphatic carboxylic acids is 1. The summed E-state index contributed by atoms with van der Waals surface area (Å²) in [6.45, 7) is 0.579. The number of ketones is 1. The second-order valence-electron chi connectivity index (χ2n) is 2.85. The predicted octanol–water partition coefficient (Wildman–Crippen LogP) is 1.49. The number of hydrogen-bond acceptors (Lipinski definition) is 3. The summed E-state index contributed by atoms with van der Waals surface area (Å²) >= 11 is 0. The smallest absolute Gasteiger partial charge is 0.341 e. The first-order valence-electron chi connectivity index (χ1n) is 4.16. The summed E-state index contributed by atoms with van der Waals surface area (Å²) in [5, 5.41) is 8.37. The van der Waals surface area contributed by atoms with Crippen LogP contribution in [-0.4, -0.2) is 23.5 Å². The Bertz CT molecular complexity index is 400. The zero-order valence-corrected chi connectivity index (χ0v) is 7.99. The summed E-state index contributed by atoms with van der Waals surface area (Å²) in [4.78, 5) is 21.3. The Kier molecular flexibility index (Phi) is 3.38. The Morgan fingerprint density at radius 1 is 1.47 bits per heavy atom. The fraction of sp³-hybridized carbons (Fsp3) is 0.200. The number of benzene rings is 1. The van der Waals surface area contributed by atoms with Crippen LogP contribution in [0, 0.1) is 5.82 Å². The molecule has 1 N–H and O–H groups in total. The number of hydrogen-bond donors (Lipinski definition) is 1. The van der Waals surface area contributed by atoms with E-state index in [-0.39, 0.29) is 11.3 Å². The second kappa shape index (κ2) is 4.54. The molecule has 0 saturated heterocycles. The van der Waals surface area contributed by atoms with Gasteiger partial charge in [0.15, 0.2) is 12.4 Å². The van der Waals surface area contributed by atoms with Gasteiger partial charge < -0.3 is 9.84 Å². The van der Waals surface area contributed by atoms with E-state index < -0.39 is 24.2 Å². The van der Waals surface area contributed by atoms with Gasteiger partial charge in [0.25, 0.3) is 0 Å². The fourth-order valence-electron chi connectivity index (χ4n) is 1.11. The van der Waals surface area contributed by atoms with Crippen LogP contribution in [0.2, 0.25) is 0 Å². The van der Waals surface area contributed by atoms with Gasteiger partial charge in [-0.2, -0.15) is 0 Å². The van der Waals surface area contributed by atoms with Crippen molar-refractivity contribution in [2.24, 2.45) is 0 Å². The van der Waals surface area contributed by atoms with E-state index in [0.717, 1.165) is 6.07 Å². The van der Waals surface area contributed by atoms with Crippen molar-refractivity contribution in [3.63, 3.8) is 0 Å². The third-order valence-corrected chi connectivity index (χ3v) is 1.68. The Balaban J connectivity index is 3.01. The van der Waals surface area contributed by atoms with E-state index in [2.05, 4.69) is 0 Å². The number of carboxylic acid groups (broad SMARTS) is 1. The Morgan fingerprint density at radius 2 is 2.13 bits per heavy atom. The minimum Gasteiger partial charge on any atom is -0.481 e. The van der Waals surface area contributed by atoms with Crippen LogP contribution < -0.4 is 4.74 Å². The zero-order valence-electron chi connectivity index (χ0n) is 7.99. The lowest BCUT2D eigenvalue weighted by atomic mass is 10.1. The van der Waals surface area contributed by atoms with E-state index in [9.17, 15) is 14.0 Å². The third-order valence-electron chi connectivity index (χ3n) is 1.68. The molecule has 0 aliphatic heterocycles. The van der Waals surface area contributed by atoms with Crippen LogP contribution in [0.5, 0.6) is 5.75 Å². The highest BCUT2D eigenvalue weighted by Crippen LogP contribution is 2.21. The maximum Gasteiger partial charge on any atom is 0.341 e. The van der Waals surface area contributed by atoms with Gasteiger partial charge in [0.05, 0.1) is 5.56 Å². The highest BCUT2D eigenvalue weighted by atomic mass is 19.1. The van der Waals surface area contributed by atoms with Crippen molar-refractivity contribution in [2.75, 3.05) is 6.61 Å². The molecule has 1 aromatic rings. The van der Waals surface area contributed by atoms with Crippen molar-refractivity contribution in [2.45, 2.75) is 6.92 Å². The number of carbonyl (C=O) groups is 2. The first kappa shape index (κ1) is 11.2. The maximum atomic E-state index is 13.2. The van der Waals surface area contributed by atoms with E-state index >= 15 is 0 Å². The summed E-state index contributed by atoms with van der Waals surface area (Å²) in [6.07, 6.45) is 0. The van der Waals surface area contributed by atoms with Gasteiger partial charge in [-0.3, -0.25) is 4.79 Å². The second-order valence-corrected chi connectivity index (χ2v) is 2.85. The quantitative estimate of drug-likeness (QED) is 0.768. The normalized spacial score (nSPS) is 9.73. The molecule has 15 heavy (non-hydrogen) atoms. The van der Waals surface area contributed by atoms with Crippen LogP contribution in [-0.2, 0) is 4.79 Å². The largest absolute Gasteiger partial charge is 0.481 e. The molecule has 0 amide bonds. The Labute approximate surface area is 85.3 Å². The number of carboxylic acids is 1. The molecule has 4 nitrogen and oxygen atoms in total. The monoisotopic (exact) mass is 212 g/mol. The van der Waals surface area contributed by atoms with Crippen LogP contribution in [0.25, 0.3) is 0 Å². The van der Waals surface area contributed by atoms with Crippen molar-refractivity contribution in [3.8, 4) is 5.75 Å². The molecule has 0 radical (unpaired) electrons. The Morgan fingerprint density at radius 3 is 2.67 bits per heavy atom. The summed E-state index contributed by atoms with van der Waals surface area (Å²) in [6, 6.07) is 3.81. The molecule has 5 heteroatoms. The number of rotatable bonds is 4. The molecule has 1 rings (SSSR count). The van der Waals surface area contributed by atoms with E-state index in [0.29, 0.717) is 0 Å². The molecule has 1 aromatic carbocycles. The van der Waals surface area contributed by atoms with Gasteiger partial charge >= 0.3 is 5.97 Å². The van der Waals surface area contributed by atoms with Gasteiger partial charge in [-0.1, -0.05) is 6.07 Å². The molecule has 0 aliphatic carbocycles. The van der Waals surface area contributed by atoms with Crippen molar-refractivity contribution in [1.82, 2.24) is 0 Å². The van der Waals surface area contributed by atoms with Crippen LogP contribution in [0.15, 0.2) is 18.2 Å². The molecule has 0 spiro atoms. The first-order chi connectivity index (χ1) is 7.02. The van der Waals surface area contributed by atoms with Gasteiger partial charge in [0.2, 0.25) is 0 Å². The summed E-state index contributed by atoms with van der Waals surface area (Å²) in [5.74, 6) is -2.46. The highest BCUT2D eigenvalue weighted by molar-refractivity contribution is 5.97. The van der Waals surface area contributed by atoms with E-state index in [1.165, 1.54) is 19.1 Å². The highest BCUT2D eigenvalue weighted by Gasteiger charge is 2.14. The van der Waals surface area contributed by atoms with Gasteiger partial charge in [0.1, 0.15) is 11.6 Å². The fourth-order valence-corrected chi connectivity index (χ4v) is 1.11. The predicted molar refractivity (Wildman–Crippen MR) is 49.5 cm³/mol. The maximum absolute atomic E-state index is 13.2. The van der Waals surface area contributed by atoms with Gasteiger partial charge in [-0.15, -0.1) is 0 Å². The summed E-state index contributed by atoms with van der Waals surface area (Å²) in [7, 11) is 0. The van der Waals surface area contributed by atoms with E-state index in [4.69, 9.17) is 9.84 Å². The molecule has 0 unspecified atom stereocenters. The van der Waals surface area contributed by atoms with E-state index in [1.807, 2.05) is 0 Å². The lowest BCUT2D eigenvalue weighted by Gasteiger charge is -2.07. The van der Waals surface area contributed by atoms with Crippen LogP contribution in [0.1, 0.15) is 17.3 Å². The van der Waals surface area contributed by atoms with Gasteiger partial charge in [0, 0.05) is 0 Å². The molecular formula is C10H9FO4. The number of halogens is 1. The minimum atomic E-state index is -1.19. The van der Waals surface area contributed by atoms with Crippen molar-refractivity contribution < 1.29 is 23.8 Å². The van der Waals surface area contributed by atoms with Gasteiger partial charge in [-0.25, -0.2) is 9.18 Å². The third kappa shape index (κ3) is 2.77. The van der Waals surface area contributed by atoms with Crippen molar-refractivity contribution >= 4 is 11.8 Å². The van der Waals surface area contributed by atoms with Crippen LogP contribution in [0.4, 0.5) is 4.39 Å². The molecule has 0 bridgehead atoms. The molecule has 0 fully saturated rings. The number of carbonyl (C=O) groups excluding carboxylic acids is 1. The van der Waals surface area contributed by atoms with E-state index in [1.54, 1.807) is 0 Å². The molecule has 0 atom stereocenters. The Hall–Kier alpha value is -1.91. The molecule has 0 aromatic heterocycles. The minimum absolute atomic E-state index is 0.0510. The van der Waals surface area contributed by atoms with Gasteiger partial charge in [-0.05, 0) is 19.1 Å². The number of Topliss-reactive ketones (excluding diaryl/α,β-unsaturated/α-hetero) is 1. The average molecular weight is 212 g/mol. The topological polar surface area (TPSA) is 63.6 Å². The first-order valence-corrected chi connectivity index (χ1v) is 4.16. The molecule has 0 aliphatic rings. The zero-order chi connectivity index (χ0) is 11.4. The van der Waals surface area contributed by atoms with Crippen molar-refractivity contribution in [3.05, 3.63) is 29.6 Å². The summed E-state index contributed by atoms with van der Waals surface area (Å²) < 4.78 is 18.0. The van der Waals surface area contributed by atoms with Crippen LogP contribution >= 0.6 is 0 Å². The molecular weight excluding hydrogens is 203 g/mol. The van der Waals surface area contributed by atoms with Crippen molar-refractivity contribution in [1.29, 1.82) is 0 Å². The average Bonchev–Trinajstić information content (AvgIpc) is 2.13. The van der Waals surface area contributed by atoms with Crippen LogP contribution in [0.3, 0.4) is 0 Å². The lowest BCUT2D eigenvalue weighted by molar-refractivity contribution is -0.139. The SMILES string of the molecule is CC(=O)c1c(F)cccc1OCC(=O)O. The molecule has 0 heterocycles.